The van der Waals surface area contributed by atoms with Crippen molar-refractivity contribution in [2.24, 2.45) is 0 Å². The number of nitrogens with zero attached hydrogens (tertiary/aromatic N) is 3. The zero-order valence-corrected chi connectivity index (χ0v) is 13.9. The molecular formula is C14H28BrN3O. The van der Waals surface area contributed by atoms with Gasteiger partial charge >= 0.3 is 0 Å². The summed E-state index contributed by atoms with van der Waals surface area (Å²) in [5.41, 5.74) is 0. The summed E-state index contributed by atoms with van der Waals surface area (Å²) >= 11 is 3.52. The minimum absolute atomic E-state index is 0.402. The first kappa shape index (κ1) is 15.7. The third-order valence-corrected chi connectivity index (χ3v) is 4.58. The predicted octanol–water partition coefficient (Wildman–Crippen LogP) is 1.11. The maximum absolute atomic E-state index is 5.93. The van der Waals surface area contributed by atoms with Crippen LogP contribution < -0.4 is 0 Å². The van der Waals surface area contributed by atoms with Gasteiger partial charge in [0, 0.05) is 63.7 Å². The van der Waals surface area contributed by atoms with Crippen molar-refractivity contribution in [1.82, 2.24) is 14.7 Å². The fraction of sp³-hybridized carbons (Fsp3) is 1.00. The van der Waals surface area contributed by atoms with Crippen molar-refractivity contribution >= 4 is 15.9 Å². The fourth-order valence-electron chi connectivity index (χ4n) is 2.92. The molecule has 0 N–H and O–H groups in total. The van der Waals surface area contributed by atoms with Crippen LogP contribution in [0.3, 0.4) is 0 Å². The van der Waals surface area contributed by atoms with Gasteiger partial charge < -0.3 is 4.74 Å². The van der Waals surface area contributed by atoms with E-state index >= 15 is 0 Å². The number of ether oxygens (including phenoxy) is 1. The fourth-order valence-corrected chi connectivity index (χ4v) is 3.43. The summed E-state index contributed by atoms with van der Waals surface area (Å²) in [6.07, 6.45) is 0.402. The SMILES string of the molecule is CC(C)N1CCOC(CN2CCN(CCBr)CC2)C1. The van der Waals surface area contributed by atoms with Crippen molar-refractivity contribution in [2.45, 2.75) is 26.0 Å². The smallest absolute Gasteiger partial charge is 0.0829 e. The summed E-state index contributed by atoms with van der Waals surface area (Å²) in [4.78, 5) is 7.64. The van der Waals surface area contributed by atoms with Crippen molar-refractivity contribution in [3.8, 4) is 0 Å². The topological polar surface area (TPSA) is 19.0 Å². The average molecular weight is 334 g/mol. The second-order valence-electron chi connectivity index (χ2n) is 5.91. The lowest BCUT2D eigenvalue weighted by molar-refractivity contribution is -0.0561. The van der Waals surface area contributed by atoms with Crippen LogP contribution in [0.2, 0.25) is 0 Å². The number of rotatable bonds is 5. The second kappa shape index (κ2) is 7.93. The molecule has 0 aromatic carbocycles. The largest absolute Gasteiger partial charge is 0.374 e. The van der Waals surface area contributed by atoms with E-state index in [1.54, 1.807) is 0 Å². The standard InChI is InChI=1S/C14H28BrN3O/c1-13(2)18-9-10-19-14(12-18)11-17-7-5-16(4-3-15)6-8-17/h13-14H,3-12H2,1-2H3. The summed E-state index contributed by atoms with van der Waals surface area (Å²) in [5.74, 6) is 0. The highest BCUT2D eigenvalue weighted by Gasteiger charge is 2.25. The number of hydrogen-bond donors (Lipinski definition) is 0. The van der Waals surface area contributed by atoms with Gasteiger partial charge in [-0.1, -0.05) is 15.9 Å². The van der Waals surface area contributed by atoms with Gasteiger partial charge in [0.15, 0.2) is 0 Å². The van der Waals surface area contributed by atoms with E-state index in [0.29, 0.717) is 12.1 Å². The highest BCUT2D eigenvalue weighted by molar-refractivity contribution is 9.09. The summed E-state index contributed by atoms with van der Waals surface area (Å²) in [6.45, 7) is 14.7. The molecule has 19 heavy (non-hydrogen) atoms. The minimum atomic E-state index is 0.402. The van der Waals surface area contributed by atoms with Gasteiger partial charge in [-0.15, -0.1) is 0 Å². The van der Waals surface area contributed by atoms with Crippen LogP contribution in [-0.2, 0) is 4.74 Å². The van der Waals surface area contributed by atoms with Crippen molar-refractivity contribution in [3.63, 3.8) is 0 Å². The Bertz CT molecular complexity index is 257. The Kier molecular flexibility index (Phi) is 6.56. The zero-order valence-electron chi connectivity index (χ0n) is 12.4. The molecule has 0 aromatic rings. The third-order valence-electron chi connectivity index (χ3n) is 4.23. The molecule has 0 aromatic heterocycles. The molecule has 112 valence electrons. The normalized spacial score (nSPS) is 28.1. The van der Waals surface area contributed by atoms with Gasteiger partial charge in [0.1, 0.15) is 0 Å². The van der Waals surface area contributed by atoms with Gasteiger partial charge in [-0.25, -0.2) is 0 Å². The van der Waals surface area contributed by atoms with Gasteiger partial charge in [0.25, 0.3) is 0 Å². The first-order valence-electron chi connectivity index (χ1n) is 7.55. The summed E-state index contributed by atoms with van der Waals surface area (Å²) in [6, 6.07) is 0.641. The van der Waals surface area contributed by atoms with Gasteiger partial charge in [-0.05, 0) is 13.8 Å². The van der Waals surface area contributed by atoms with Crippen LogP contribution in [0.5, 0.6) is 0 Å². The predicted molar refractivity (Wildman–Crippen MR) is 83.1 cm³/mol. The molecular weight excluding hydrogens is 306 g/mol. The molecule has 5 heteroatoms. The molecule has 1 unspecified atom stereocenters. The van der Waals surface area contributed by atoms with Crippen LogP contribution in [0.4, 0.5) is 0 Å². The van der Waals surface area contributed by atoms with Crippen LogP contribution in [0.15, 0.2) is 0 Å². The minimum Gasteiger partial charge on any atom is -0.374 e. The molecule has 0 radical (unpaired) electrons. The highest BCUT2D eigenvalue weighted by Crippen LogP contribution is 2.11. The number of halogens is 1. The Morgan fingerprint density at radius 3 is 2.42 bits per heavy atom. The molecule has 0 aliphatic carbocycles. The lowest BCUT2D eigenvalue weighted by atomic mass is 10.2. The van der Waals surface area contributed by atoms with Crippen molar-refractivity contribution in [1.29, 1.82) is 0 Å². The first-order chi connectivity index (χ1) is 9.19. The third kappa shape index (κ3) is 4.97. The first-order valence-corrected chi connectivity index (χ1v) is 8.67. The maximum Gasteiger partial charge on any atom is 0.0829 e. The van der Waals surface area contributed by atoms with Crippen molar-refractivity contribution in [2.75, 3.05) is 64.3 Å². The van der Waals surface area contributed by atoms with Crippen LogP contribution >= 0.6 is 15.9 Å². The molecule has 2 aliphatic rings. The Morgan fingerprint density at radius 2 is 1.79 bits per heavy atom. The maximum atomic E-state index is 5.93. The molecule has 0 bridgehead atoms. The van der Waals surface area contributed by atoms with E-state index in [2.05, 4.69) is 44.5 Å². The van der Waals surface area contributed by atoms with E-state index in [9.17, 15) is 0 Å². The number of alkyl halides is 1. The Morgan fingerprint density at radius 1 is 1.11 bits per heavy atom. The lowest BCUT2D eigenvalue weighted by Crippen LogP contribution is -2.53. The van der Waals surface area contributed by atoms with Crippen molar-refractivity contribution < 1.29 is 4.74 Å². The van der Waals surface area contributed by atoms with Crippen molar-refractivity contribution in [3.05, 3.63) is 0 Å². The van der Waals surface area contributed by atoms with E-state index in [1.807, 2.05) is 0 Å². The van der Waals surface area contributed by atoms with Crippen LogP contribution in [0.1, 0.15) is 13.8 Å². The van der Waals surface area contributed by atoms with Gasteiger partial charge in [0.2, 0.25) is 0 Å². The molecule has 0 amide bonds. The zero-order chi connectivity index (χ0) is 13.7. The summed E-state index contributed by atoms with van der Waals surface area (Å²) < 4.78 is 5.93. The highest BCUT2D eigenvalue weighted by atomic mass is 79.9. The number of hydrogen-bond acceptors (Lipinski definition) is 4. The molecule has 2 heterocycles. The molecule has 2 aliphatic heterocycles. The summed E-state index contributed by atoms with van der Waals surface area (Å²) in [5, 5.41) is 1.09. The van der Waals surface area contributed by atoms with Gasteiger partial charge in [-0.2, -0.15) is 0 Å². The molecule has 4 nitrogen and oxygen atoms in total. The van der Waals surface area contributed by atoms with E-state index < -0.39 is 0 Å². The van der Waals surface area contributed by atoms with Gasteiger partial charge in [-0.3, -0.25) is 14.7 Å². The monoisotopic (exact) mass is 333 g/mol. The Labute approximate surface area is 126 Å². The molecule has 2 fully saturated rings. The van der Waals surface area contributed by atoms with E-state index in [-0.39, 0.29) is 0 Å². The van der Waals surface area contributed by atoms with Crippen LogP contribution in [0, 0.1) is 0 Å². The van der Waals surface area contributed by atoms with Crippen LogP contribution in [-0.4, -0.2) is 91.1 Å². The molecule has 0 spiro atoms. The quantitative estimate of drug-likeness (QED) is 0.701. The van der Waals surface area contributed by atoms with Crippen LogP contribution in [0.25, 0.3) is 0 Å². The Hall–Kier alpha value is 0.320. The molecule has 0 saturated carbocycles. The Balaban J connectivity index is 1.70. The molecule has 2 saturated heterocycles. The van der Waals surface area contributed by atoms with E-state index in [0.717, 1.165) is 31.6 Å². The van der Waals surface area contributed by atoms with Gasteiger partial charge in [0.05, 0.1) is 12.7 Å². The van der Waals surface area contributed by atoms with E-state index in [1.165, 1.54) is 32.7 Å². The lowest BCUT2D eigenvalue weighted by Gasteiger charge is -2.40. The number of morpholine rings is 1. The molecule has 2 rings (SSSR count). The van der Waals surface area contributed by atoms with E-state index in [4.69, 9.17) is 4.74 Å². The molecule has 1 atom stereocenters. The summed E-state index contributed by atoms with van der Waals surface area (Å²) in [7, 11) is 0. The second-order valence-corrected chi connectivity index (χ2v) is 6.71. The number of piperazine rings is 1. The average Bonchev–Trinajstić information content (AvgIpc) is 2.42.